The van der Waals surface area contributed by atoms with Crippen molar-refractivity contribution in [3.05, 3.63) is 72.9 Å². The third kappa shape index (κ3) is 2.92. The minimum Gasteiger partial charge on any atom is -0.221 e. The molecule has 4 rings (SSSR count). The van der Waals surface area contributed by atoms with Crippen LogP contribution in [0.25, 0.3) is 27.9 Å². The van der Waals surface area contributed by atoms with E-state index in [2.05, 4.69) is 10.1 Å². The Morgan fingerprint density at radius 2 is 1.48 bits per heavy atom. The molecular formula is C19H15N3O2S. The van der Waals surface area contributed by atoms with Crippen molar-refractivity contribution in [1.82, 2.24) is 14.6 Å². The summed E-state index contributed by atoms with van der Waals surface area (Å²) in [6.45, 7) is 0. The van der Waals surface area contributed by atoms with Crippen LogP contribution in [0.5, 0.6) is 0 Å². The lowest BCUT2D eigenvalue weighted by molar-refractivity contribution is 0.586. The number of hydrogen-bond donors (Lipinski definition) is 0. The van der Waals surface area contributed by atoms with Crippen LogP contribution in [0, 0.1) is 0 Å². The number of benzene rings is 2. The maximum atomic E-state index is 12.0. The number of hydrogen-bond acceptors (Lipinski definition) is 4. The van der Waals surface area contributed by atoms with Gasteiger partial charge in [0.1, 0.15) is 0 Å². The second-order valence-electron chi connectivity index (χ2n) is 5.81. The minimum atomic E-state index is -3.49. The summed E-state index contributed by atoms with van der Waals surface area (Å²) < 4.78 is 25.4. The summed E-state index contributed by atoms with van der Waals surface area (Å²) in [5.41, 5.74) is 4.38. The fourth-order valence-electron chi connectivity index (χ4n) is 2.76. The van der Waals surface area contributed by atoms with Crippen molar-refractivity contribution < 1.29 is 8.42 Å². The number of sulfone groups is 1. The first kappa shape index (κ1) is 15.5. The number of nitrogens with zero attached hydrogens (tertiary/aromatic N) is 3. The van der Waals surface area contributed by atoms with Crippen LogP contribution in [0.1, 0.15) is 0 Å². The van der Waals surface area contributed by atoms with Crippen LogP contribution in [-0.4, -0.2) is 29.3 Å². The van der Waals surface area contributed by atoms with Gasteiger partial charge in [0.05, 0.1) is 17.4 Å². The van der Waals surface area contributed by atoms with Gasteiger partial charge in [-0.25, -0.2) is 17.9 Å². The average molecular weight is 349 g/mol. The Hall–Kier alpha value is -2.99. The summed E-state index contributed by atoms with van der Waals surface area (Å²) in [5.74, 6) is 0. The predicted octanol–water partition coefficient (Wildman–Crippen LogP) is 3.47. The van der Waals surface area contributed by atoms with Crippen molar-refractivity contribution >= 4 is 15.4 Å². The summed E-state index contributed by atoms with van der Waals surface area (Å²) >= 11 is 0. The number of rotatable bonds is 3. The van der Waals surface area contributed by atoms with Gasteiger partial charge in [0.2, 0.25) is 15.0 Å². The summed E-state index contributed by atoms with van der Waals surface area (Å²) in [4.78, 5) is 4.33. The number of aromatic nitrogens is 3. The Bertz CT molecular complexity index is 1150. The quantitative estimate of drug-likeness (QED) is 0.531. The molecule has 0 amide bonds. The normalized spacial score (nSPS) is 11.7. The molecule has 0 radical (unpaired) electrons. The highest BCUT2D eigenvalue weighted by atomic mass is 32.2. The van der Waals surface area contributed by atoms with Gasteiger partial charge in [0.15, 0.2) is 0 Å². The third-order valence-electron chi connectivity index (χ3n) is 3.97. The van der Waals surface area contributed by atoms with E-state index in [1.54, 1.807) is 12.3 Å². The van der Waals surface area contributed by atoms with Crippen LogP contribution in [0.15, 0.2) is 78.1 Å². The predicted molar refractivity (Wildman–Crippen MR) is 97.0 cm³/mol. The zero-order valence-corrected chi connectivity index (χ0v) is 14.3. The van der Waals surface area contributed by atoms with Crippen molar-refractivity contribution in [2.24, 2.45) is 0 Å². The molecule has 2 heterocycles. The van der Waals surface area contributed by atoms with Crippen molar-refractivity contribution in [2.45, 2.75) is 5.16 Å². The minimum absolute atomic E-state index is 0.0582. The Balaban J connectivity index is 1.82. The van der Waals surface area contributed by atoms with Crippen molar-refractivity contribution in [1.29, 1.82) is 0 Å². The summed E-state index contributed by atoms with van der Waals surface area (Å²) in [5, 5.41) is 3.99. The molecule has 2 aromatic carbocycles. The Morgan fingerprint density at radius 3 is 2.16 bits per heavy atom. The Kier molecular flexibility index (Phi) is 3.62. The van der Waals surface area contributed by atoms with Crippen molar-refractivity contribution in [3.63, 3.8) is 0 Å². The Labute approximate surface area is 145 Å². The van der Waals surface area contributed by atoms with E-state index in [0.29, 0.717) is 11.2 Å². The SMILES string of the molecule is CS(=O)(=O)c1nc(-c2ccc(-c3ccccc3)cc2)cc2ccnn12. The lowest BCUT2D eigenvalue weighted by atomic mass is 10.0. The molecule has 0 N–H and O–H groups in total. The lowest BCUT2D eigenvalue weighted by Gasteiger charge is -2.08. The van der Waals surface area contributed by atoms with Gasteiger partial charge in [0, 0.05) is 11.8 Å². The molecule has 0 aliphatic heterocycles. The molecule has 0 fully saturated rings. The maximum absolute atomic E-state index is 12.0. The van der Waals surface area contributed by atoms with Crippen LogP contribution in [0.3, 0.4) is 0 Å². The first-order chi connectivity index (χ1) is 12.0. The van der Waals surface area contributed by atoms with Gasteiger partial charge in [-0.1, -0.05) is 54.6 Å². The van der Waals surface area contributed by atoms with Gasteiger partial charge < -0.3 is 0 Å². The average Bonchev–Trinajstić information content (AvgIpc) is 3.09. The molecule has 0 spiro atoms. The van der Waals surface area contributed by atoms with Gasteiger partial charge in [0.25, 0.3) is 0 Å². The second-order valence-corrected chi connectivity index (χ2v) is 7.72. The summed E-state index contributed by atoms with van der Waals surface area (Å²) in [6.07, 6.45) is 2.70. The highest BCUT2D eigenvalue weighted by Crippen LogP contribution is 2.25. The second kappa shape index (κ2) is 5.82. The molecule has 4 aromatic rings. The molecule has 5 nitrogen and oxygen atoms in total. The molecule has 2 aromatic heterocycles. The van der Waals surface area contributed by atoms with Crippen molar-refractivity contribution in [3.8, 4) is 22.4 Å². The highest BCUT2D eigenvalue weighted by molar-refractivity contribution is 7.90. The number of fused-ring (bicyclic) bond motifs is 1. The molecule has 0 saturated carbocycles. The molecule has 6 heteroatoms. The molecule has 0 aliphatic carbocycles. The van der Waals surface area contributed by atoms with Gasteiger partial charge >= 0.3 is 0 Å². The first-order valence-corrected chi connectivity index (χ1v) is 9.62. The van der Waals surface area contributed by atoms with E-state index in [1.165, 1.54) is 4.52 Å². The first-order valence-electron chi connectivity index (χ1n) is 7.73. The van der Waals surface area contributed by atoms with Gasteiger partial charge in [-0.15, -0.1) is 0 Å². The van der Waals surface area contributed by atoms with Gasteiger partial charge in [-0.2, -0.15) is 5.10 Å². The van der Waals surface area contributed by atoms with E-state index >= 15 is 0 Å². The molecule has 0 saturated heterocycles. The van der Waals surface area contributed by atoms with Crippen LogP contribution in [0.2, 0.25) is 0 Å². The molecule has 0 aliphatic rings. The highest BCUT2D eigenvalue weighted by Gasteiger charge is 2.17. The van der Waals surface area contributed by atoms with E-state index < -0.39 is 9.84 Å². The van der Waals surface area contributed by atoms with Gasteiger partial charge in [-0.05, 0) is 23.3 Å². The topological polar surface area (TPSA) is 64.3 Å². The molecule has 0 bridgehead atoms. The Morgan fingerprint density at radius 1 is 0.840 bits per heavy atom. The smallest absolute Gasteiger partial charge is 0.221 e. The monoisotopic (exact) mass is 349 g/mol. The summed E-state index contributed by atoms with van der Waals surface area (Å²) in [7, 11) is -3.49. The van der Waals surface area contributed by atoms with E-state index in [0.717, 1.165) is 22.9 Å². The van der Waals surface area contributed by atoms with Crippen LogP contribution < -0.4 is 0 Å². The van der Waals surface area contributed by atoms with E-state index in [1.807, 2.05) is 60.7 Å². The van der Waals surface area contributed by atoms with E-state index in [4.69, 9.17) is 0 Å². The maximum Gasteiger partial charge on any atom is 0.249 e. The van der Waals surface area contributed by atoms with Crippen LogP contribution in [0.4, 0.5) is 0 Å². The van der Waals surface area contributed by atoms with Crippen LogP contribution in [-0.2, 0) is 9.84 Å². The zero-order valence-electron chi connectivity index (χ0n) is 13.5. The fraction of sp³-hybridized carbons (Fsp3) is 0.0526. The van der Waals surface area contributed by atoms with E-state index in [9.17, 15) is 8.42 Å². The summed E-state index contributed by atoms with van der Waals surface area (Å²) in [6, 6.07) is 21.6. The van der Waals surface area contributed by atoms with Crippen molar-refractivity contribution in [2.75, 3.05) is 6.26 Å². The third-order valence-corrected chi connectivity index (χ3v) is 4.90. The van der Waals surface area contributed by atoms with E-state index in [-0.39, 0.29) is 5.16 Å². The molecule has 0 atom stereocenters. The van der Waals surface area contributed by atoms with Gasteiger partial charge in [-0.3, -0.25) is 0 Å². The molecule has 25 heavy (non-hydrogen) atoms. The standard InChI is InChI=1S/C19H15N3O2S/c1-25(23,24)19-21-18(13-17-11-12-20-22(17)19)16-9-7-15(8-10-16)14-5-3-2-4-6-14/h2-13H,1H3. The fourth-order valence-corrected chi connectivity index (χ4v) is 3.49. The molecular weight excluding hydrogens is 334 g/mol. The lowest BCUT2D eigenvalue weighted by Crippen LogP contribution is -2.09. The largest absolute Gasteiger partial charge is 0.249 e. The zero-order chi connectivity index (χ0) is 17.4. The van der Waals surface area contributed by atoms with Crippen LogP contribution >= 0.6 is 0 Å². The molecule has 124 valence electrons. The molecule has 0 unspecified atom stereocenters.